The number of likely N-dealkylation sites (tertiary alicyclic amines) is 1. The predicted octanol–water partition coefficient (Wildman–Crippen LogP) is 3.75. The summed E-state index contributed by atoms with van der Waals surface area (Å²) in [6.07, 6.45) is 5.13. The van der Waals surface area contributed by atoms with Crippen molar-refractivity contribution in [3.05, 3.63) is 39.9 Å². The minimum atomic E-state index is -0.205. The van der Waals surface area contributed by atoms with E-state index in [2.05, 4.69) is 15.5 Å². The first-order valence-corrected chi connectivity index (χ1v) is 10.3. The van der Waals surface area contributed by atoms with Crippen LogP contribution < -0.4 is 10.6 Å². The number of hydrogen-bond donors (Lipinski definition) is 2. The first-order valence-electron chi connectivity index (χ1n) is 9.56. The molecule has 1 aromatic rings. The number of nitrogens with zero attached hydrogens (tertiary/aromatic N) is 1. The molecule has 0 spiro atoms. The minimum absolute atomic E-state index is 0.0607. The van der Waals surface area contributed by atoms with E-state index in [9.17, 15) is 9.59 Å². The highest BCUT2D eigenvalue weighted by Crippen LogP contribution is 2.20. The lowest BCUT2D eigenvalue weighted by Crippen LogP contribution is -2.48. The quantitative estimate of drug-likeness (QED) is 0.682. The molecule has 0 saturated carbocycles. The van der Waals surface area contributed by atoms with E-state index in [1.807, 2.05) is 20.8 Å². The largest absolute Gasteiger partial charge is 0.352 e. The smallest absolute Gasteiger partial charge is 0.244 e. The molecule has 1 saturated heterocycles. The molecule has 2 rings (SSSR count). The van der Waals surface area contributed by atoms with Crippen LogP contribution >= 0.6 is 23.2 Å². The standard InChI is InChI=1S/C21H29Cl2N3O2/c1-21(2,3)25-20(28)14-26-8-6-15(7-9-26)13-24-19(27)5-4-16-10-17(22)12-18(23)11-16/h4-5,10-12,15H,6-9,13-14H2,1-3H3,(H,24,27)(H,25,28)/b5-4+. The number of amides is 2. The first-order chi connectivity index (χ1) is 13.1. The lowest BCUT2D eigenvalue weighted by molar-refractivity contribution is -0.124. The highest BCUT2D eigenvalue weighted by molar-refractivity contribution is 6.34. The number of piperidine rings is 1. The molecule has 0 bridgehead atoms. The molecule has 154 valence electrons. The van der Waals surface area contributed by atoms with E-state index in [0.717, 1.165) is 31.5 Å². The number of carbonyl (C=O) groups is 2. The zero-order valence-corrected chi connectivity index (χ0v) is 18.2. The molecule has 1 fully saturated rings. The van der Waals surface area contributed by atoms with Crippen LogP contribution in [0.1, 0.15) is 39.2 Å². The Labute approximate surface area is 177 Å². The Morgan fingerprint density at radius 2 is 1.75 bits per heavy atom. The molecular formula is C21H29Cl2N3O2. The van der Waals surface area contributed by atoms with Gasteiger partial charge in [-0.3, -0.25) is 14.5 Å². The van der Waals surface area contributed by atoms with E-state index < -0.39 is 0 Å². The fraction of sp³-hybridized carbons (Fsp3) is 0.524. The van der Waals surface area contributed by atoms with Crippen LogP contribution in [0.4, 0.5) is 0 Å². The molecule has 28 heavy (non-hydrogen) atoms. The van der Waals surface area contributed by atoms with Crippen molar-refractivity contribution in [2.45, 2.75) is 39.2 Å². The molecule has 7 heteroatoms. The predicted molar refractivity (Wildman–Crippen MR) is 116 cm³/mol. The van der Waals surface area contributed by atoms with Gasteiger partial charge in [-0.15, -0.1) is 0 Å². The monoisotopic (exact) mass is 425 g/mol. The minimum Gasteiger partial charge on any atom is -0.352 e. The summed E-state index contributed by atoms with van der Waals surface area (Å²) < 4.78 is 0. The van der Waals surface area contributed by atoms with Gasteiger partial charge in [0.05, 0.1) is 6.54 Å². The van der Waals surface area contributed by atoms with Crippen molar-refractivity contribution in [2.75, 3.05) is 26.2 Å². The van der Waals surface area contributed by atoms with Gasteiger partial charge in [-0.2, -0.15) is 0 Å². The summed E-state index contributed by atoms with van der Waals surface area (Å²) in [4.78, 5) is 26.2. The number of benzene rings is 1. The summed E-state index contributed by atoms with van der Waals surface area (Å²) in [6, 6.07) is 5.16. The highest BCUT2D eigenvalue weighted by atomic mass is 35.5. The molecule has 0 radical (unpaired) electrons. The summed E-state index contributed by atoms with van der Waals surface area (Å²) in [6.45, 7) is 8.76. The van der Waals surface area contributed by atoms with E-state index in [0.29, 0.717) is 29.1 Å². The zero-order valence-electron chi connectivity index (χ0n) is 16.7. The van der Waals surface area contributed by atoms with E-state index in [4.69, 9.17) is 23.2 Å². The van der Waals surface area contributed by atoms with Crippen LogP contribution in [0.2, 0.25) is 10.0 Å². The second kappa shape index (κ2) is 10.3. The molecule has 0 atom stereocenters. The third-order valence-electron chi connectivity index (χ3n) is 4.47. The van der Waals surface area contributed by atoms with Gasteiger partial charge in [-0.05, 0) is 82.5 Å². The van der Waals surface area contributed by atoms with Crippen molar-refractivity contribution in [2.24, 2.45) is 5.92 Å². The van der Waals surface area contributed by atoms with Crippen LogP contribution in [-0.4, -0.2) is 48.4 Å². The number of rotatable bonds is 6. The van der Waals surface area contributed by atoms with Gasteiger partial charge in [0.15, 0.2) is 0 Å². The Bertz CT molecular complexity index is 701. The first kappa shape index (κ1) is 22.7. The van der Waals surface area contributed by atoms with Crippen molar-refractivity contribution in [3.63, 3.8) is 0 Å². The average Bonchev–Trinajstić information content (AvgIpc) is 2.57. The summed E-state index contributed by atoms with van der Waals surface area (Å²) in [5.41, 5.74) is 0.582. The lowest BCUT2D eigenvalue weighted by atomic mass is 9.96. The van der Waals surface area contributed by atoms with E-state index in [-0.39, 0.29) is 17.4 Å². The van der Waals surface area contributed by atoms with E-state index >= 15 is 0 Å². The summed E-state index contributed by atoms with van der Waals surface area (Å²) in [5.74, 6) is 0.355. The topological polar surface area (TPSA) is 61.4 Å². The Hall–Kier alpha value is -1.56. The second-order valence-electron chi connectivity index (χ2n) is 8.30. The Balaban J connectivity index is 1.69. The van der Waals surface area contributed by atoms with Crippen LogP contribution in [0.15, 0.2) is 24.3 Å². The average molecular weight is 426 g/mol. The number of hydrogen-bond acceptors (Lipinski definition) is 3. The molecule has 1 aliphatic heterocycles. The van der Waals surface area contributed by atoms with Crippen LogP contribution in [-0.2, 0) is 9.59 Å². The molecule has 1 aromatic carbocycles. The molecule has 0 aliphatic carbocycles. The maximum Gasteiger partial charge on any atom is 0.244 e. The molecule has 2 amide bonds. The molecule has 0 unspecified atom stereocenters. The molecule has 2 N–H and O–H groups in total. The number of halogens is 2. The van der Waals surface area contributed by atoms with Crippen molar-refractivity contribution in [1.82, 2.24) is 15.5 Å². The fourth-order valence-corrected chi connectivity index (χ4v) is 3.70. The van der Waals surface area contributed by atoms with Gasteiger partial charge in [0.1, 0.15) is 0 Å². The van der Waals surface area contributed by atoms with Gasteiger partial charge in [0.2, 0.25) is 11.8 Å². The molecule has 5 nitrogen and oxygen atoms in total. The van der Waals surface area contributed by atoms with Gasteiger partial charge < -0.3 is 10.6 Å². The van der Waals surface area contributed by atoms with Gasteiger partial charge >= 0.3 is 0 Å². The van der Waals surface area contributed by atoms with E-state index in [1.165, 1.54) is 6.08 Å². The van der Waals surface area contributed by atoms with Crippen molar-refractivity contribution in [3.8, 4) is 0 Å². The molecular weight excluding hydrogens is 397 g/mol. The molecule has 0 aromatic heterocycles. The number of nitrogens with one attached hydrogen (secondary N) is 2. The Morgan fingerprint density at radius 1 is 1.14 bits per heavy atom. The summed E-state index contributed by atoms with van der Waals surface area (Å²) in [5, 5.41) is 7.01. The van der Waals surface area contributed by atoms with Gasteiger partial charge in [0, 0.05) is 28.2 Å². The van der Waals surface area contributed by atoms with Gasteiger partial charge in [-0.1, -0.05) is 23.2 Å². The number of carbonyl (C=O) groups excluding carboxylic acids is 2. The van der Waals surface area contributed by atoms with Crippen molar-refractivity contribution < 1.29 is 9.59 Å². The fourth-order valence-electron chi connectivity index (χ4n) is 3.16. The summed E-state index contributed by atoms with van der Waals surface area (Å²) >= 11 is 11.9. The Kier molecular flexibility index (Phi) is 8.35. The third-order valence-corrected chi connectivity index (χ3v) is 4.90. The second-order valence-corrected chi connectivity index (χ2v) is 9.17. The van der Waals surface area contributed by atoms with Crippen molar-refractivity contribution >= 4 is 41.1 Å². The lowest BCUT2D eigenvalue weighted by Gasteiger charge is -2.32. The van der Waals surface area contributed by atoms with Gasteiger partial charge in [-0.25, -0.2) is 0 Å². The van der Waals surface area contributed by atoms with Crippen LogP contribution in [0.3, 0.4) is 0 Å². The maximum atomic E-state index is 12.0. The normalized spacial score (nSPS) is 16.3. The van der Waals surface area contributed by atoms with Crippen LogP contribution in [0.25, 0.3) is 6.08 Å². The molecule has 1 aliphatic rings. The van der Waals surface area contributed by atoms with E-state index in [1.54, 1.807) is 24.3 Å². The van der Waals surface area contributed by atoms with Crippen molar-refractivity contribution in [1.29, 1.82) is 0 Å². The van der Waals surface area contributed by atoms with Gasteiger partial charge in [0.25, 0.3) is 0 Å². The molecule has 1 heterocycles. The summed E-state index contributed by atoms with van der Waals surface area (Å²) in [7, 11) is 0. The zero-order chi connectivity index (χ0) is 20.7. The third kappa shape index (κ3) is 8.63. The maximum absolute atomic E-state index is 12.0. The Morgan fingerprint density at radius 3 is 2.32 bits per heavy atom. The highest BCUT2D eigenvalue weighted by Gasteiger charge is 2.22. The van der Waals surface area contributed by atoms with Crippen LogP contribution in [0, 0.1) is 5.92 Å². The van der Waals surface area contributed by atoms with Crippen LogP contribution in [0.5, 0.6) is 0 Å². The SMILES string of the molecule is CC(C)(C)NC(=O)CN1CCC(CNC(=O)/C=C/c2cc(Cl)cc(Cl)c2)CC1.